The van der Waals surface area contributed by atoms with E-state index in [4.69, 9.17) is 0 Å². The van der Waals surface area contributed by atoms with Gasteiger partial charge in [0.15, 0.2) is 0 Å². The summed E-state index contributed by atoms with van der Waals surface area (Å²) in [5.41, 5.74) is 1.26. The second-order valence-electron chi connectivity index (χ2n) is 17.5. The van der Waals surface area contributed by atoms with E-state index in [9.17, 15) is 19.2 Å². The molecule has 2 amide bonds. The lowest BCUT2D eigenvalue weighted by Gasteiger charge is -2.46. The predicted octanol–water partition coefficient (Wildman–Crippen LogP) is 9.48. The summed E-state index contributed by atoms with van der Waals surface area (Å²) in [5.74, 6) is -0.805. The summed E-state index contributed by atoms with van der Waals surface area (Å²) in [7, 11) is 0. The van der Waals surface area contributed by atoms with E-state index < -0.39 is 5.97 Å². The summed E-state index contributed by atoms with van der Waals surface area (Å²) >= 11 is 0. The first kappa shape index (κ1) is 38.2. The second kappa shape index (κ2) is 14.1. The summed E-state index contributed by atoms with van der Waals surface area (Å²) in [5, 5.41) is 0. The molecule has 4 rings (SSSR count). The molecule has 2 aromatic rings. The molecule has 0 saturated carbocycles. The number of carbonyl (C=O) groups excluding carboxylic acids is 4. The molecule has 0 aromatic heterocycles. The molecule has 258 valence electrons. The molecule has 2 heterocycles. The molecule has 0 spiro atoms. The van der Waals surface area contributed by atoms with Crippen molar-refractivity contribution in [3.05, 3.63) is 66.2 Å². The number of para-hydroxylation sites is 1. The van der Waals surface area contributed by atoms with Crippen LogP contribution in [0.3, 0.4) is 0 Å². The Hall–Kier alpha value is -3.28. The topological polar surface area (TPSA) is 80.8 Å². The maximum Gasteiger partial charge on any atom is 0.317 e. The first-order valence-corrected chi connectivity index (χ1v) is 17.2. The third kappa shape index (κ3) is 8.24. The van der Waals surface area contributed by atoms with Crippen LogP contribution in [0.2, 0.25) is 0 Å². The third-order valence-corrected chi connectivity index (χ3v) is 11.4. The molecular formula is C41H59NO5. The van der Waals surface area contributed by atoms with Gasteiger partial charge in [0.25, 0.3) is 0 Å². The van der Waals surface area contributed by atoms with E-state index in [2.05, 4.69) is 104 Å². The average molecular weight is 646 g/mol. The van der Waals surface area contributed by atoms with Gasteiger partial charge in [-0.15, -0.1) is 0 Å². The van der Waals surface area contributed by atoms with E-state index in [1.807, 2.05) is 51.1 Å². The summed E-state index contributed by atoms with van der Waals surface area (Å²) in [6.45, 7) is 28.1. The lowest BCUT2D eigenvalue weighted by atomic mass is 9.57. The van der Waals surface area contributed by atoms with E-state index in [1.165, 1.54) is 10.5 Å². The van der Waals surface area contributed by atoms with Crippen LogP contribution in [-0.4, -0.2) is 23.8 Å². The highest BCUT2D eigenvalue weighted by molar-refractivity contribution is 6.22. The maximum atomic E-state index is 14.1. The fourth-order valence-corrected chi connectivity index (χ4v) is 7.18. The smallest absolute Gasteiger partial charge is 0.317 e. The van der Waals surface area contributed by atoms with Crippen LogP contribution >= 0.6 is 0 Å². The van der Waals surface area contributed by atoms with E-state index in [0.29, 0.717) is 17.5 Å². The van der Waals surface area contributed by atoms with Crippen molar-refractivity contribution in [2.24, 2.45) is 51.2 Å². The van der Waals surface area contributed by atoms with E-state index in [1.54, 1.807) is 0 Å². The molecule has 2 saturated heterocycles. The van der Waals surface area contributed by atoms with Gasteiger partial charge in [0, 0.05) is 0 Å². The minimum absolute atomic E-state index is 0.0534. The Morgan fingerprint density at radius 3 is 1.60 bits per heavy atom. The van der Waals surface area contributed by atoms with E-state index in [-0.39, 0.29) is 69.5 Å². The van der Waals surface area contributed by atoms with Crippen LogP contribution in [0.25, 0.3) is 0 Å². The van der Waals surface area contributed by atoms with Gasteiger partial charge >= 0.3 is 11.9 Å². The van der Waals surface area contributed by atoms with Crippen molar-refractivity contribution in [2.45, 2.75) is 109 Å². The van der Waals surface area contributed by atoms with E-state index in [0.717, 1.165) is 6.42 Å². The van der Waals surface area contributed by atoms with Crippen LogP contribution in [0.5, 0.6) is 0 Å². The molecule has 0 aliphatic carbocycles. The number of hydrogen-bond acceptors (Lipinski definition) is 5. The Kier molecular flexibility index (Phi) is 11.4. The number of esters is 2. The van der Waals surface area contributed by atoms with Crippen molar-refractivity contribution in [1.29, 1.82) is 0 Å². The molecule has 2 aliphatic rings. The minimum Gasteiger partial charge on any atom is -0.393 e. The van der Waals surface area contributed by atoms with Gasteiger partial charge in [-0.25, -0.2) is 0 Å². The fourth-order valence-electron chi connectivity index (χ4n) is 7.18. The van der Waals surface area contributed by atoms with Gasteiger partial charge in [-0.05, 0) is 63.5 Å². The van der Waals surface area contributed by atoms with Crippen LogP contribution in [0.15, 0.2) is 60.7 Å². The molecule has 6 nitrogen and oxygen atoms in total. The van der Waals surface area contributed by atoms with Crippen molar-refractivity contribution < 1.29 is 23.9 Å². The Morgan fingerprint density at radius 2 is 1.19 bits per heavy atom. The number of imide groups is 1. The number of ether oxygens (including phenoxy) is 1. The highest BCUT2D eigenvalue weighted by Crippen LogP contribution is 2.55. The predicted molar refractivity (Wildman–Crippen MR) is 189 cm³/mol. The first-order chi connectivity index (χ1) is 21.5. The largest absolute Gasteiger partial charge is 0.393 e. The van der Waals surface area contributed by atoms with Gasteiger partial charge in [-0.3, -0.25) is 24.1 Å². The molecular weight excluding hydrogens is 586 g/mol. The van der Waals surface area contributed by atoms with Gasteiger partial charge in [0.05, 0.1) is 29.9 Å². The molecule has 5 atom stereocenters. The molecule has 47 heavy (non-hydrogen) atoms. The van der Waals surface area contributed by atoms with Crippen molar-refractivity contribution in [3.63, 3.8) is 0 Å². The van der Waals surface area contributed by atoms with Crippen LogP contribution in [0.4, 0.5) is 5.69 Å². The molecule has 0 radical (unpaired) electrons. The highest BCUT2D eigenvalue weighted by Gasteiger charge is 2.59. The highest BCUT2D eigenvalue weighted by atomic mass is 16.6. The zero-order chi connectivity index (χ0) is 35.7. The number of carbonyl (C=O) groups is 4. The number of rotatable bonds is 8. The Balaban J connectivity index is 0.000000461. The Bertz CT molecular complexity index is 1410. The maximum absolute atomic E-state index is 14.1. The number of hydrogen-bond donors (Lipinski definition) is 0. The van der Waals surface area contributed by atoms with Crippen LogP contribution in [0.1, 0.15) is 114 Å². The second-order valence-corrected chi connectivity index (χ2v) is 17.5. The van der Waals surface area contributed by atoms with Crippen molar-refractivity contribution >= 4 is 29.4 Å². The average Bonchev–Trinajstić information content (AvgIpc) is 3.46. The fraction of sp³-hybridized carbons (Fsp3) is 0.610. The van der Waals surface area contributed by atoms with Gasteiger partial charge in [-0.1, -0.05) is 139 Å². The quantitative estimate of drug-likeness (QED) is 0.162. The SMILES string of the molecule is CC(C)(C)C1CC(=O)OC1=O.CC(C)C(C)(C)C(CC(C)C(C)(C)C1C(=O)N(c2ccccc2)C(=O)C1C(C)(C)C)c1ccccc1. The van der Waals surface area contributed by atoms with Crippen LogP contribution < -0.4 is 4.90 Å². The Labute approximate surface area is 284 Å². The van der Waals surface area contributed by atoms with Crippen molar-refractivity contribution in [2.75, 3.05) is 4.90 Å². The van der Waals surface area contributed by atoms with Gasteiger partial charge < -0.3 is 4.74 Å². The van der Waals surface area contributed by atoms with Gasteiger partial charge in [0.1, 0.15) is 0 Å². The lowest BCUT2D eigenvalue weighted by Crippen LogP contribution is -2.44. The van der Waals surface area contributed by atoms with Crippen molar-refractivity contribution in [1.82, 2.24) is 0 Å². The lowest BCUT2D eigenvalue weighted by molar-refractivity contribution is -0.154. The van der Waals surface area contributed by atoms with E-state index >= 15 is 0 Å². The summed E-state index contributed by atoms with van der Waals surface area (Å²) < 4.78 is 4.42. The standard InChI is InChI=1S/C33H47NO2.C8H12O3/c1-22(2)32(7,8)26(24-17-13-11-14-18-24)21-23(3)33(9,10)28-27(31(4,5)6)29(35)34(30(28)36)25-19-15-12-16-20-25;1-8(2,3)5-4-6(9)11-7(5)10/h11-20,22-23,26-28H,21H2,1-10H3;5H,4H2,1-3H3. The minimum atomic E-state index is -0.394. The summed E-state index contributed by atoms with van der Waals surface area (Å²) in [6, 6.07) is 20.2. The number of nitrogens with zero attached hydrogens (tertiary/aromatic N) is 1. The number of benzene rings is 2. The number of cyclic esters (lactones) is 2. The van der Waals surface area contributed by atoms with Crippen molar-refractivity contribution in [3.8, 4) is 0 Å². The molecule has 0 bridgehead atoms. The molecule has 2 aliphatic heterocycles. The zero-order valence-electron chi connectivity index (χ0n) is 31.1. The molecule has 5 unspecified atom stereocenters. The summed E-state index contributed by atoms with van der Waals surface area (Å²) in [4.78, 5) is 51.0. The van der Waals surface area contributed by atoms with Crippen LogP contribution in [0, 0.1) is 51.2 Å². The monoisotopic (exact) mass is 645 g/mol. The summed E-state index contributed by atoms with van der Waals surface area (Å²) in [6.07, 6.45) is 1.20. The molecule has 2 aromatic carbocycles. The third-order valence-electron chi connectivity index (χ3n) is 11.4. The van der Waals surface area contributed by atoms with Gasteiger partial charge in [0.2, 0.25) is 11.8 Å². The van der Waals surface area contributed by atoms with Gasteiger partial charge in [-0.2, -0.15) is 0 Å². The normalized spacial score (nSPS) is 22.3. The molecule has 0 N–H and O–H groups in total. The number of amides is 2. The van der Waals surface area contributed by atoms with Crippen LogP contribution in [-0.2, 0) is 23.9 Å². The first-order valence-electron chi connectivity index (χ1n) is 17.2. The number of anilines is 1. The molecule has 2 fully saturated rings. The Morgan fingerprint density at radius 1 is 0.702 bits per heavy atom. The molecule has 6 heteroatoms. The zero-order valence-corrected chi connectivity index (χ0v) is 31.1.